The summed E-state index contributed by atoms with van der Waals surface area (Å²) in [6, 6.07) is 5.54. The Morgan fingerprint density at radius 3 is 2.60 bits per heavy atom. The molecule has 1 aromatic rings. The molecule has 0 spiro atoms. The van der Waals surface area contributed by atoms with Crippen molar-refractivity contribution < 1.29 is 4.39 Å². The Kier molecular flexibility index (Phi) is 4.13. The Hall–Kier alpha value is -1.05. The zero-order valence-electron chi connectivity index (χ0n) is 9.97. The van der Waals surface area contributed by atoms with Gasteiger partial charge in [0.1, 0.15) is 5.82 Å². The van der Waals surface area contributed by atoms with E-state index in [0.29, 0.717) is 17.5 Å². The first-order chi connectivity index (χ1) is 7.06. The fourth-order valence-corrected chi connectivity index (χ4v) is 1.50. The van der Waals surface area contributed by atoms with Crippen LogP contribution in [0.2, 0.25) is 0 Å². The molecule has 0 aliphatic heterocycles. The van der Waals surface area contributed by atoms with Gasteiger partial charge in [0.05, 0.1) is 0 Å². The molecule has 0 saturated heterocycles. The summed E-state index contributed by atoms with van der Waals surface area (Å²) in [6.45, 7) is 8.31. The van der Waals surface area contributed by atoms with Crippen LogP contribution in [0.3, 0.4) is 0 Å². The lowest BCUT2D eigenvalue weighted by molar-refractivity contribution is 0.494. The van der Waals surface area contributed by atoms with Gasteiger partial charge in [0.15, 0.2) is 0 Å². The van der Waals surface area contributed by atoms with E-state index in [4.69, 9.17) is 0 Å². The minimum atomic E-state index is -0.142. The summed E-state index contributed by atoms with van der Waals surface area (Å²) >= 11 is 0. The molecule has 0 heterocycles. The Bertz CT molecular complexity index is 322. The van der Waals surface area contributed by atoms with Gasteiger partial charge in [0.25, 0.3) is 0 Å². The molecule has 0 saturated carbocycles. The van der Waals surface area contributed by atoms with Crippen molar-refractivity contribution in [1.29, 1.82) is 0 Å². The number of hydrogen-bond acceptors (Lipinski definition) is 1. The van der Waals surface area contributed by atoms with Crippen LogP contribution in [-0.2, 0) is 0 Å². The van der Waals surface area contributed by atoms with E-state index < -0.39 is 0 Å². The van der Waals surface area contributed by atoms with Crippen molar-refractivity contribution in [2.24, 2.45) is 5.92 Å². The first-order valence-corrected chi connectivity index (χ1v) is 5.58. The number of rotatable bonds is 4. The Balaban J connectivity index is 2.76. The van der Waals surface area contributed by atoms with E-state index in [1.54, 1.807) is 13.0 Å². The maximum atomic E-state index is 13.3. The van der Waals surface area contributed by atoms with Gasteiger partial charge in [-0.15, -0.1) is 0 Å². The monoisotopic (exact) mass is 209 g/mol. The zero-order chi connectivity index (χ0) is 11.4. The van der Waals surface area contributed by atoms with Crippen LogP contribution in [0.4, 0.5) is 10.1 Å². The number of halogens is 1. The van der Waals surface area contributed by atoms with Crippen molar-refractivity contribution in [3.8, 4) is 0 Å². The maximum Gasteiger partial charge on any atom is 0.128 e. The van der Waals surface area contributed by atoms with Gasteiger partial charge in [-0.25, -0.2) is 4.39 Å². The van der Waals surface area contributed by atoms with Crippen molar-refractivity contribution in [2.45, 2.75) is 40.2 Å². The summed E-state index contributed by atoms with van der Waals surface area (Å²) in [5.74, 6) is 0.448. The van der Waals surface area contributed by atoms with E-state index >= 15 is 0 Å². The molecule has 0 bridgehead atoms. The summed E-state index contributed by atoms with van der Waals surface area (Å²) in [6.07, 6.45) is 1.13. The number of hydrogen-bond donors (Lipinski definition) is 1. The molecule has 0 radical (unpaired) electrons. The molecule has 84 valence electrons. The summed E-state index contributed by atoms with van der Waals surface area (Å²) in [5.41, 5.74) is 1.61. The third-order valence-electron chi connectivity index (χ3n) is 3.15. The normalized spacial score (nSPS) is 14.7. The molecule has 0 amide bonds. The average molecular weight is 209 g/mol. The number of nitrogens with one attached hydrogen (secondary N) is 1. The Morgan fingerprint density at radius 1 is 1.33 bits per heavy atom. The molecule has 15 heavy (non-hydrogen) atoms. The molecule has 1 nitrogen and oxygen atoms in total. The SMILES string of the molecule is CCC(C)C(C)Nc1cccc(F)c1C. The molecular weight excluding hydrogens is 189 g/mol. The molecule has 2 unspecified atom stereocenters. The largest absolute Gasteiger partial charge is 0.382 e. The molecule has 0 aliphatic carbocycles. The molecule has 1 rings (SSSR count). The minimum absolute atomic E-state index is 0.142. The van der Waals surface area contributed by atoms with E-state index in [-0.39, 0.29) is 5.82 Å². The van der Waals surface area contributed by atoms with Crippen LogP contribution >= 0.6 is 0 Å². The maximum absolute atomic E-state index is 13.3. The van der Waals surface area contributed by atoms with Gasteiger partial charge < -0.3 is 5.32 Å². The van der Waals surface area contributed by atoms with Crippen LogP contribution in [0.15, 0.2) is 18.2 Å². The highest BCUT2D eigenvalue weighted by Crippen LogP contribution is 2.20. The molecule has 0 fully saturated rings. The van der Waals surface area contributed by atoms with Gasteiger partial charge in [-0.05, 0) is 31.9 Å². The highest BCUT2D eigenvalue weighted by Gasteiger charge is 2.11. The summed E-state index contributed by atoms with van der Waals surface area (Å²) in [7, 11) is 0. The molecule has 1 aromatic carbocycles. The van der Waals surface area contributed by atoms with Crippen LogP contribution < -0.4 is 5.32 Å². The highest BCUT2D eigenvalue weighted by atomic mass is 19.1. The highest BCUT2D eigenvalue weighted by molar-refractivity contribution is 5.51. The van der Waals surface area contributed by atoms with E-state index in [0.717, 1.165) is 12.1 Å². The van der Waals surface area contributed by atoms with Crippen molar-refractivity contribution in [3.05, 3.63) is 29.6 Å². The second-order valence-electron chi connectivity index (χ2n) is 4.23. The van der Waals surface area contributed by atoms with Gasteiger partial charge in [0.2, 0.25) is 0 Å². The third kappa shape index (κ3) is 2.95. The first-order valence-electron chi connectivity index (χ1n) is 5.58. The predicted molar refractivity (Wildman–Crippen MR) is 63.7 cm³/mol. The van der Waals surface area contributed by atoms with Gasteiger partial charge in [-0.2, -0.15) is 0 Å². The fraction of sp³-hybridized carbons (Fsp3) is 0.538. The van der Waals surface area contributed by atoms with Crippen molar-refractivity contribution in [1.82, 2.24) is 0 Å². The molecule has 1 N–H and O–H groups in total. The van der Waals surface area contributed by atoms with E-state index in [1.165, 1.54) is 6.07 Å². The number of benzene rings is 1. The van der Waals surface area contributed by atoms with Crippen LogP contribution in [0.5, 0.6) is 0 Å². The van der Waals surface area contributed by atoms with Crippen molar-refractivity contribution in [3.63, 3.8) is 0 Å². The topological polar surface area (TPSA) is 12.0 Å². The van der Waals surface area contributed by atoms with Crippen LogP contribution in [0.1, 0.15) is 32.8 Å². The molecule has 0 aliphatic rings. The second kappa shape index (κ2) is 5.15. The summed E-state index contributed by atoms with van der Waals surface area (Å²) in [5, 5.41) is 3.36. The first kappa shape index (κ1) is 12.0. The molecule has 2 heteroatoms. The predicted octanol–water partition coefficient (Wildman–Crippen LogP) is 3.98. The average Bonchev–Trinajstić information content (AvgIpc) is 2.23. The Morgan fingerprint density at radius 2 is 2.00 bits per heavy atom. The smallest absolute Gasteiger partial charge is 0.128 e. The van der Waals surface area contributed by atoms with Gasteiger partial charge in [0, 0.05) is 17.3 Å². The lowest BCUT2D eigenvalue weighted by Gasteiger charge is -2.22. The lowest BCUT2D eigenvalue weighted by atomic mass is 10.0. The molecule has 0 aromatic heterocycles. The summed E-state index contributed by atoms with van der Waals surface area (Å²) in [4.78, 5) is 0. The second-order valence-corrected chi connectivity index (χ2v) is 4.23. The van der Waals surface area contributed by atoms with Crippen LogP contribution in [0.25, 0.3) is 0 Å². The zero-order valence-corrected chi connectivity index (χ0v) is 9.97. The lowest BCUT2D eigenvalue weighted by Crippen LogP contribution is -2.23. The summed E-state index contributed by atoms with van der Waals surface area (Å²) < 4.78 is 13.3. The fourth-order valence-electron chi connectivity index (χ4n) is 1.50. The van der Waals surface area contributed by atoms with Crippen molar-refractivity contribution in [2.75, 3.05) is 5.32 Å². The quantitative estimate of drug-likeness (QED) is 0.791. The minimum Gasteiger partial charge on any atom is -0.382 e. The number of anilines is 1. The molecular formula is C13H20FN. The van der Waals surface area contributed by atoms with E-state index in [1.807, 2.05) is 6.07 Å². The van der Waals surface area contributed by atoms with Crippen LogP contribution in [0, 0.1) is 18.7 Å². The van der Waals surface area contributed by atoms with Gasteiger partial charge in [-0.1, -0.05) is 26.3 Å². The van der Waals surface area contributed by atoms with E-state index in [9.17, 15) is 4.39 Å². The third-order valence-corrected chi connectivity index (χ3v) is 3.15. The van der Waals surface area contributed by atoms with Crippen LogP contribution in [-0.4, -0.2) is 6.04 Å². The van der Waals surface area contributed by atoms with E-state index in [2.05, 4.69) is 26.1 Å². The molecule has 2 atom stereocenters. The Labute approximate surface area is 91.7 Å². The van der Waals surface area contributed by atoms with Gasteiger partial charge >= 0.3 is 0 Å². The standard InChI is InChI=1S/C13H20FN/c1-5-9(2)11(4)15-13-8-6-7-12(14)10(13)3/h6-9,11,15H,5H2,1-4H3. The van der Waals surface area contributed by atoms with Crippen molar-refractivity contribution >= 4 is 5.69 Å². The van der Waals surface area contributed by atoms with Gasteiger partial charge in [-0.3, -0.25) is 0 Å².